The van der Waals surface area contributed by atoms with Crippen LogP contribution in [-0.2, 0) is 0 Å². The lowest BCUT2D eigenvalue weighted by Crippen LogP contribution is -2.15. The van der Waals surface area contributed by atoms with Gasteiger partial charge in [-0.05, 0) is 18.6 Å². The van der Waals surface area contributed by atoms with Gasteiger partial charge in [0.05, 0.1) is 12.6 Å². The zero-order chi connectivity index (χ0) is 10.9. The summed E-state index contributed by atoms with van der Waals surface area (Å²) in [5, 5.41) is 17.9. The van der Waals surface area contributed by atoms with Crippen LogP contribution < -0.4 is 5.73 Å². The molecule has 0 spiro atoms. The van der Waals surface area contributed by atoms with Crippen molar-refractivity contribution in [3.63, 3.8) is 0 Å². The van der Waals surface area contributed by atoms with Gasteiger partial charge in [-0.15, -0.1) is 0 Å². The monoisotopic (exact) mass is 203 g/mol. The Morgan fingerprint density at radius 3 is 2.50 bits per heavy atom. The average molecular weight is 203 g/mol. The molecule has 0 unspecified atom stereocenters. The van der Waals surface area contributed by atoms with Crippen LogP contribution in [0.1, 0.15) is 17.2 Å². The molecule has 3 nitrogen and oxygen atoms in total. The van der Waals surface area contributed by atoms with Crippen molar-refractivity contribution in [2.24, 2.45) is 5.73 Å². The third-order valence-electron chi connectivity index (χ3n) is 1.99. The first-order valence-corrected chi connectivity index (χ1v) is 4.03. The molecule has 1 aromatic rings. The lowest BCUT2D eigenvalue weighted by atomic mass is 10.0. The van der Waals surface area contributed by atoms with Gasteiger partial charge in [-0.2, -0.15) is 4.39 Å². The minimum atomic E-state index is -1.33. The van der Waals surface area contributed by atoms with Crippen LogP contribution in [0.2, 0.25) is 0 Å². The molecule has 0 aliphatic carbocycles. The van der Waals surface area contributed by atoms with E-state index in [-0.39, 0.29) is 11.1 Å². The van der Waals surface area contributed by atoms with Crippen LogP contribution >= 0.6 is 0 Å². The van der Waals surface area contributed by atoms with Crippen molar-refractivity contribution in [2.75, 3.05) is 6.61 Å². The molecule has 0 fully saturated rings. The zero-order valence-corrected chi connectivity index (χ0v) is 7.59. The van der Waals surface area contributed by atoms with Crippen LogP contribution in [0.5, 0.6) is 5.75 Å². The maximum absolute atomic E-state index is 13.0. The predicted molar refractivity (Wildman–Crippen MR) is 46.8 cm³/mol. The highest BCUT2D eigenvalue weighted by Gasteiger charge is 2.19. The number of hydrogen-bond donors (Lipinski definition) is 3. The van der Waals surface area contributed by atoms with E-state index in [2.05, 4.69) is 0 Å². The molecule has 0 aliphatic heterocycles. The van der Waals surface area contributed by atoms with Crippen molar-refractivity contribution >= 4 is 0 Å². The van der Waals surface area contributed by atoms with Crippen molar-refractivity contribution in [1.82, 2.24) is 0 Å². The standard InChI is InChI=1S/C9H11F2NO2/c1-4-2-5(6(12)3-13)9(14)8(11)7(4)10/h2,6,13-14H,3,12H2,1H3/t6-/m1/s1. The highest BCUT2D eigenvalue weighted by atomic mass is 19.2. The first kappa shape index (κ1) is 10.9. The van der Waals surface area contributed by atoms with E-state index in [0.29, 0.717) is 0 Å². The van der Waals surface area contributed by atoms with Gasteiger partial charge in [-0.1, -0.05) is 0 Å². The van der Waals surface area contributed by atoms with Crippen molar-refractivity contribution in [2.45, 2.75) is 13.0 Å². The van der Waals surface area contributed by atoms with Gasteiger partial charge >= 0.3 is 0 Å². The Labute approximate surface area is 79.8 Å². The third-order valence-corrected chi connectivity index (χ3v) is 1.99. The molecule has 0 saturated carbocycles. The minimum absolute atomic E-state index is 0.00361. The molecular weight excluding hydrogens is 192 g/mol. The number of benzene rings is 1. The van der Waals surface area contributed by atoms with Gasteiger partial charge in [0.2, 0.25) is 5.82 Å². The van der Waals surface area contributed by atoms with Crippen LogP contribution in [0.25, 0.3) is 0 Å². The number of aliphatic hydroxyl groups is 1. The van der Waals surface area contributed by atoms with E-state index >= 15 is 0 Å². The Hall–Kier alpha value is -1.20. The Morgan fingerprint density at radius 2 is 2.00 bits per heavy atom. The molecule has 5 heteroatoms. The summed E-state index contributed by atoms with van der Waals surface area (Å²) in [7, 11) is 0. The zero-order valence-electron chi connectivity index (χ0n) is 7.59. The number of aliphatic hydroxyl groups excluding tert-OH is 1. The predicted octanol–water partition coefficient (Wildman–Crippen LogP) is 0.971. The molecule has 1 atom stereocenters. The van der Waals surface area contributed by atoms with Gasteiger partial charge in [0.25, 0.3) is 0 Å². The molecule has 4 N–H and O–H groups in total. The molecule has 14 heavy (non-hydrogen) atoms. The number of phenolic OH excluding ortho intramolecular Hbond substituents is 1. The molecule has 78 valence electrons. The number of phenols is 1. The largest absolute Gasteiger partial charge is 0.505 e. The SMILES string of the molecule is Cc1cc([C@H](N)CO)c(O)c(F)c1F. The highest BCUT2D eigenvalue weighted by molar-refractivity contribution is 5.40. The fourth-order valence-electron chi connectivity index (χ4n) is 1.15. The van der Waals surface area contributed by atoms with E-state index in [9.17, 15) is 13.9 Å². The van der Waals surface area contributed by atoms with Crippen molar-refractivity contribution < 1.29 is 19.0 Å². The number of aromatic hydroxyl groups is 1. The lowest BCUT2D eigenvalue weighted by Gasteiger charge is -2.12. The summed E-state index contributed by atoms with van der Waals surface area (Å²) in [6.45, 7) is 0.906. The van der Waals surface area contributed by atoms with Crippen molar-refractivity contribution in [1.29, 1.82) is 0 Å². The number of aryl methyl sites for hydroxylation is 1. The molecule has 0 amide bonds. The number of halogens is 2. The molecule has 0 bridgehead atoms. The second-order valence-electron chi connectivity index (χ2n) is 3.05. The quantitative estimate of drug-likeness (QED) is 0.671. The third kappa shape index (κ3) is 1.69. The summed E-state index contributed by atoms with van der Waals surface area (Å²) in [6, 6.07) is 0.304. The van der Waals surface area contributed by atoms with Gasteiger partial charge in [0.1, 0.15) is 0 Å². The van der Waals surface area contributed by atoms with Gasteiger partial charge in [0, 0.05) is 5.56 Å². The topological polar surface area (TPSA) is 66.5 Å². The van der Waals surface area contributed by atoms with E-state index in [1.165, 1.54) is 13.0 Å². The minimum Gasteiger partial charge on any atom is -0.505 e. The van der Waals surface area contributed by atoms with Gasteiger partial charge in [-0.25, -0.2) is 4.39 Å². The van der Waals surface area contributed by atoms with Crippen molar-refractivity contribution in [3.8, 4) is 5.75 Å². The van der Waals surface area contributed by atoms with E-state index in [0.717, 1.165) is 0 Å². The molecule has 0 radical (unpaired) electrons. The number of hydrogen-bond acceptors (Lipinski definition) is 3. The summed E-state index contributed by atoms with van der Waals surface area (Å²) in [6.07, 6.45) is 0. The Bertz CT molecular complexity index is 355. The number of rotatable bonds is 2. The summed E-state index contributed by atoms with van der Waals surface area (Å²) in [4.78, 5) is 0. The van der Waals surface area contributed by atoms with E-state index < -0.39 is 30.0 Å². The summed E-state index contributed by atoms with van der Waals surface area (Å²) < 4.78 is 25.9. The molecule has 0 heterocycles. The Kier molecular flexibility index (Phi) is 3.03. The van der Waals surface area contributed by atoms with Crippen LogP contribution in [0.4, 0.5) is 8.78 Å². The normalized spacial score (nSPS) is 12.9. The van der Waals surface area contributed by atoms with E-state index in [1.807, 2.05) is 0 Å². The Morgan fingerprint density at radius 1 is 1.43 bits per heavy atom. The molecule has 0 aromatic heterocycles. The second-order valence-corrected chi connectivity index (χ2v) is 3.05. The average Bonchev–Trinajstić information content (AvgIpc) is 2.19. The lowest BCUT2D eigenvalue weighted by molar-refractivity contribution is 0.263. The van der Waals surface area contributed by atoms with Crippen LogP contribution in [0.3, 0.4) is 0 Å². The van der Waals surface area contributed by atoms with Crippen LogP contribution in [-0.4, -0.2) is 16.8 Å². The number of nitrogens with two attached hydrogens (primary N) is 1. The Balaban J connectivity index is 3.33. The van der Waals surface area contributed by atoms with Crippen LogP contribution in [0.15, 0.2) is 6.07 Å². The molecule has 0 saturated heterocycles. The van der Waals surface area contributed by atoms with E-state index in [4.69, 9.17) is 10.8 Å². The van der Waals surface area contributed by atoms with Gasteiger partial charge < -0.3 is 15.9 Å². The fraction of sp³-hybridized carbons (Fsp3) is 0.333. The maximum Gasteiger partial charge on any atom is 0.200 e. The summed E-state index contributed by atoms with van der Waals surface area (Å²) in [5.74, 6) is -3.27. The fourth-order valence-corrected chi connectivity index (χ4v) is 1.15. The maximum atomic E-state index is 13.0. The van der Waals surface area contributed by atoms with E-state index in [1.54, 1.807) is 0 Å². The smallest absolute Gasteiger partial charge is 0.200 e. The molecular formula is C9H11F2NO2. The first-order valence-electron chi connectivity index (χ1n) is 4.03. The molecule has 0 aliphatic rings. The van der Waals surface area contributed by atoms with Crippen LogP contribution in [0, 0.1) is 18.6 Å². The summed E-state index contributed by atoms with van der Waals surface area (Å²) in [5.41, 5.74) is 5.43. The van der Waals surface area contributed by atoms with Gasteiger partial charge in [0.15, 0.2) is 11.6 Å². The molecule has 1 aromatic carbocycles. The second kappa shape index (κ2) is 3.89. The van der Waals surface area contributed by atoms with Gasteiger partial charge in [-0.3, -0.25) is 0 Å². The highest BCUT2D eigenvalue weighted by Crippen LogP contribution is 2.29. The first-order chi connectivity index (χ1) is 6.49. The summed E-state index contributed by atoms with van der Waals surface area (Å²) >= 11 is 0. The van der Waals surface area contributed by atoms with Crippen molar-refractivity contribution in [3.05, 3.63) is 28.8 Å². The molecule has 1 rings (SSSR count).